The zero-order valence-corrected chi connectivity index (χ0v) is 11.0. The van der Waals surface area contributed by atoms with Gasteiger partial charge in [-0.2, -0.15) is 0 Å². The highest BCUT2D eigenvalue weighted by atomic mass is 16.3. The Bertz CT molecular complexity index is 761. The summed E-state index contributed by atoms with van der Waals surface area (Å²) < 4.78 is 0. The second kappa shape index (κ2) is 5.45. The normalized spacial score (nSPS) is 13.5. The molecule has 4 nitrogen and oxygen atoms in total. The quantitative estimate of drug-likeness (QED) is 0.637. The number of rotatable bonds is 4. The van der Waals surface area contributed by atoms with Crippen LogP contribution >= 0.6 is 0 Å². The summed E-state index contributed by atoms with van der Waals surface area (Å²) in [4.78, 5) is 7.63. The van der Waals surface area contributed by atoms with E-state index in [-0.39, 0.29) is 6.61 Å². The molecule has 0 spiro atoms. The van der Waals surface area contributed by atoms with Crippen molar-refractivity contribution in [2.24, 2.45) is 0 Å². The van der Waals surface area contributed by atoms with E-state index in [1.165, 1.54) is 0 Å². The average Bonchev–Trinajstić information content (AvgIpc) is 2.86. The van der Waals surface area contributed by atoms with E-state index in [4.69, 9.17) is 5.11 Å². The number of aromatic nitrogens is 2. The summed E-state index contributed by atoms with van der Waals surface area (Å²) >= 11 is 0. The third kappa shape index (κ3) is 2.19. The number of para-hydroxylation sites is 1. The van der Waals surface area contributed by atoms with E-state index in [0.717, 1.165) is 21.8 Å². The minimum Gasteiger partial charge on any atom is -0.392 e. The number of aliphatic hydroxyl groups is 2. The van der Waals surface area contributed by atoms with Crippen LogP contribution in [0.5, 0.6) is 0 Å². The number of aromatic amines is 1. The van der Waals surface area contributed by atoms with Crippen molar-refractivity contribution in [2.45, 2.75) is 12.5 Å². The van der Waals surface area contributed by atoms with Crippen LogP contribution in [0.25, 0.3) is 21.8 Å². The van der Waals surface area contributed by atoms with Crippen molar-refractivity contribution >= 4 is 21.8 Å². The summed E-state index contributed by atoms with van der Waals surface area (Å²) in [5.74, 6) is 0. The Labute approximate surface area is 116 Å². The molecule has 1 unspecified atom stereocenters. The molecule has 0 aliphatic heterocycles. The van der Waals surface area contributed by atoms with E-state index in [9.17, 15) is 5.11 Å². The van der Waals surface area contributed by atoms with Gasteiger partial charge in [0.15, 0.2) is 0 Å². The van der Waals surface area contributed by atoms with Gasteiger partial charge in [-0.15, -0.1) is 0 Å². The number of benzene rings is 1. The van der Waals surface area contributed by atoms with Gasteiger partial charge in [0.05, 0.1) is 17.8 Å². The smallest absolute Gasteiger partial charge is 0.101 e. The molecule has 0 saturated carbocycles. The van der Waals surface area contributed by atoms with Crippen molar-refractivity contribution in [3.8, 4) is 0 Å². The molecule has 1 aromatic carbocycles. The summed E-state index contributed by atoms with van der Waals surface area (Å²) in [6.07, 6.45) is 4.84. The number of pyridine rings is 1. The van der Waals surface area contributed by atoms with Crippen LogP contribution in [-0.4, -0.2) is 26.8 Å². The maximum Gasteiger partial charge on any atom is 0.101 e. The second-order valence-corrected chi connectivity index (χ2v) is 4.69. The van der Waals surface area contributed by atoms with Crippen molar-refractivity contribution in [3.05, 3.63) is 54.4 Å². The summed E-state index contributed by atoms with van der Waals surface area (Å²) in [6, 6.07) is 9.99. The SMILES string of the molecule is OCC=CCC(O)c1nccc2c1[nH]c1ccccc12. The average molecular weight is 268 g/mol. The first-order valence-electron chi connectivity index (χ1n) is 6.60. The first kappa shape index (κ1) is 12.8. The molecular formula is C16H16N2O2. The molecule has 1 atom stereocenters. The van der Waals surface area contributed by atoms with E-state index < -0.39 is 6.10 Å². The summed E-state index contributed by atoms with van der Waals surface area (Å²) in [5.41, 5.74) is 2.55. The van der Waals surface area contributed by atoms with Crippen LogP contribution in [0.2, 0.25) is 0 Å². The van der Waals surface area contributed by atoms with Crippen molar-refractivity contribution in [2.75, 3.05) is 6.61 Å². The summed E-state index contributed by atoms with van der Waals surface area (Å²) in [6.45, 7) is -0.0171. The van der Waals surface area contributed by atoms with Gasteiger partial charge in [0.25, 0.3) is 0 Å². The highest BCUT2D eigenvalue weighted by Gasteiger charge is 2.14. The molecule has 0 bridgehead atoms. The van der Waals surface area contributed by atoms with Crippen LogP contribution in [-0.2, 0) is 0 Å². The lowest BCUT2D eigenvalue weighted by atomic mass is 10.1. The predicted octanol–water partition coefficient (Wildman–Crippen LogP) is 2.69. The molecule has 0 aliphatic rings. The lowest BCUT2D eigenvalue weighted by Crippen LogP contribution is -2.00. The zero-order valence-electron chi connectivity index (χ0n) is 11.0. The van der Waals surface area contributed by atoms with E-state index >= 15 is 0 Å². The number of aliphatic hydroxyl groups excluding tert-OH is 2. The van der Waals surface area contributed by atoms with Gasteiger partial charge in [-0.3, -0.25) is 4.98 Å². The van der Waals surface area contributed by atoms with Crippen molar-refractivity contribution in [1.29, 1.82) is 0 Å². The highest BCUT2D eigenvalue weighted by molar-refractivity contribution is 6.07. The molecule has 3 rings (SSSR count). The third-order valence-corrected chi connectivity index (χ3v) is 3.40. The molecule has 0 saturated heterocycles. The number of H-pyrrole nitrogens is 1. The van der Waals surface area contributed by atoms with Crippen LogP contribution in [0.3, 0.4) is 0 Å². The Morgan fingerprint density at radius 1 is 1.15 bits per heavy atom. The lowest BCUT2D eigenvalue weighted by molar-refractivity contribution is 0.178. The second-order valence-electron chi connectivity index (χ2n) is 4.69. The van der Waals surface area contributed by atoms with Gasteiger partial charge in [-0.25, -0.2) is 0 Å². The van der Waals surface area contributed by atoms with Crippen LogP contribution in [0.15, 0.2) is 48.7 Å². The maximum atomic E-state index is 10.3. The van der Waals surface area contributed by atoms with Crippen LogP contribution in [0, 0.1) is 0 Å². The molecule has 2 heterocycles. The Morgan fingerprint density at radius 2 is 2.00 bits per heavy atom. The number of nitrogens with zero attached hydrogens (tertiary/aromatic N) is 1. The number of nitrogens with one attached hydrogen (secondary N) is 1. The Kier molecular flexibility index (Phi) is 3.50. The topological polar surface area (TPSA) is 69.1 Å². The van der Waals surface area contributed by atoms with Gasteiger partial charge < -0.3 is 15.2 Å². The Morgan fingerprint density at radius 3 is 2.85 bits per heavy atom. The summed E-state index contributed by atoms with van der Waals surface area (Å²) in [7, 11) is 0. The van der Waals surface area contributed by atoms with Crippen molar-refractivity contribution in [1.82, 2.24) is 9.97 Å². The van der Waals surface area contributed by atoms with E-state index in [1.54, 1.807) is 18.3 Å². The molecule has 0 aliphatic carbocycles. The van der Waals surface area contributed by atoms with E-state index in [2.05, 4.69) is 16.0 Å². The van der Waals surface area contributed by atoms with Crippen LogP contribution in [0.1, 0.15) is 18.2 Å². The minimum absolute atomic E-state index is 0.0171. The highest BCUT2D eigenvalue weighted by Crippen LogP contribution is 2.29. The van der Waals surface area contributed by atoms with Gasteiger partial charge in [-0.1, -0.05) is 30.4 Å². The van der Waals surface area contributed by atoms with Crippen molar-refractivity contribution < 1.29 is 10.2 Å². The standard InChI is InChI=1S/C16H16N2O2/c19-10-4-3-7-14(20)16-15-12(8-9-17-16)11-5-1-2-6-13(11)18-15/h1-6,8-9,14,18-20H,7,10H2. The van der Waals surface area contributed by atoms with Gasteiger partial charge in [0.1, 0.15) is 6.10 Å². The van der Waals surface area contributed by atoms with E-state index in [0.29, 0.717) is 12.1 Å². The molecule has 3 N–H and O–H groups in total. The molecule has 4 heteroatoms. The monoisotopic (exact) mass is 268 g/mol. The molecule has 0 fully saturated rings. The molecular weight excluding hydrogens is 252 g/mol. The van der Waals surface area contributed by atoms with Gasteiger partial charge >= 0.3 is 0 Å². The number of fused-ring (bicyclic) bond motifs is 3. The van der Waals surface area contributed by atoms with Gasteiger partial charge in [0, 0.05) is 22.5 Å². The number of hydrogen-bond acceptors (Lipinski definition) is 3. The summed E-state index contributed by atoms with van der Waals surface area (Å²) in [5, 5.41) is 21.2. The predicted molar refractivity (Wildman–Crippen MR) is 79.4 cm³/mol. The van der Waals surface area contributed by atoms with Crippen LogP contribution in [0.4, 0.5) is 0 Å². The molecule has 3 aromatic rings. The van der Waals surface area contributed by atoms with Crippen LogP contribution < -0.4 is 0 Å². The molecule has 102 valence electrons. The van der Waals surface area contributed by atoms with Gasteiger partial charge in [-0.05, 0) is 18.6 Å². The first-order valence-corrected chi connectivity index (χ1v) is 6.60. The fourth-order valence-electron chi connectivity index (χ4n) is 2.46. The number of hydrogen-bond donors (Lipinski definition) is 3. The zero-order chi connectivity index (χ0) is 13.9. The molecule has 2 aromatic heterocycles. The van der Waals surface area contributed by atoms with Crippen molar-refractivity contribution in [3.63, 3.8) is 0 Å². The molecule has 0 amide bonds. The maximum absolute atomic E-state index is 10.3. The fourth-order valence-corrected chi connectivity index (χ4v) is 2.46. The van der Waals surface area contributed by atoms with E-state index in [1.807, 2.05) is 24.3 Å². The molecule has 20 heavy (non-hydrogen) atoms. The fraction of sp³-hybridized carbons (Fsp3) is 0.188. The van der Waals surface area contributed by atoms with Gasteiger partial charge in [0.2, 0.25) is 0 Å². The first-order chi connectivity index (χ1) is 9.81. The molecule has 0 radical (unpaired) electrons. The Balaban J connectivity index is 2.09. The lowest BCUT2D eigenvalue weighted by Gasteiger charge is -2.08. The minimum atomic E-state index is -0.686. The third-order valence-electron chi connectivity index (χ3n) is 3.40. The largest absolute Gasteiger partial charge is 0.392 e. The Hall–Kier alpha value is -2.17.